The molecule has 0 aliphatic carbocycles. The number of carbonyl (C=O) groups excluding carboxylic acids is 2. The molecule has 0 saturated carbocycles. The molecule has 3 atom stereocenters. The lowest BCUT2D eigenvalue weighted by atomic mass is 10.0. The van der Waals surface area contributed by atoms with E-state index in [9.17, 15) is 19.5 Å². The lowest BCUT2D eigenvalue weighted by molar-refractivity contribution is -0.143. The molecular formula is C16H18N2O4S. The number of amides is 2. The lowest BCUT2D eigenvalue weighted by Crippen LogP contribution is -2.52. The molecule has 0 radical (unpaired) electrons. The number of aliphatic carboxylic acids is 1. The van der Waals surface area contributed by atoms with Crippen molar-refractivity contribution in [1.29, 1.82) is 0 Å². The van der Waals surface area contributed by atoms with Crippen molar-refractivity contribution in [3.8, 4) is 0 Å². The van der Waals surface area contributed by atoms with Gasteiger partial charge in [0, 0.05) is 11.3 Å². The van der Waals surface area contributed by atoms with Crippen LogP contribution in [0.4, 0.5) is 0 Å². The van der Waals surface area contributed by atoms with Crippen molar-refractivity contribution >= 4 is 29.5 Å². The third-order valence-electron chi connectivity index (χ3n) is 4.23. The van der Waals surface area contributed by atoms with E-state index >= 15 is 0 Å². The summed E-state index contributed by atoms with van der Waals surface area (Å²) in [6.07, 6.45) is 0. The van der Waals surface area contributed by atoms with E-state index in [0.717, 1.165) is 5.56 Å². The fourth-order valence-electron chi connectivity index (χ4n) is 3.01. The van der Waals surface area contributed by atoms with Crippen LogP contribution in [0.5, 0.6) is 0 Å². The Labute approximate surface area is 138 Å². The van der Waals surface area contributed by atoms with E-state index in [1.807, 2.05) is 12.1 Å². The van der Waals surface area contributed by atoms with E-state index in [-0.39, 0.29) is 17.2 Å². The van der Waals surface area contributed by atoms with Crippen LogP contribution in [0, 0.1) is 5.92 Å². The van der Waals surface area contributed by atoms with Gasteiger partial charge in [-0.15, -0.1) is 11.8 Å². The summed E-state index contributed by atoms with van der Waals surface area (Å²) in [5, 5.41) is 11.6. The molecule has 2 heterocycles. The summed E-state index contributed by atoms with van der Waals surface area (Å²) in [6, 6.07) is 5.76. The van der Waals surface area contributed by atoms with Gasteiger partial charge >= 0.3 is 5.97 Å². The number of carbonyl (C=O) groups is 3. The molecule has 2 amide bonds. The van der Waals surface area contributed by atoms with Gasteiger partial charge < -0.3 is 15.3 Å². The minimum absolute atomic E-state index is 0.156. The van der Waals surface area contributed by atoms with Gasteiger partial charge in [0.1, 0.15) is 17.5 Å². The van der Waals surface area contributed by atoms with E-state index in [4.69, 9.17) is 0 Å². The number of benzene rings is 1. The number of nitrogens with zero attached hydrogens (tertiary/aromatic N) is 1. The van der Waals surface area contributed by atoms with Crippen LogP contribution in [0.1, 0.15) is 35.1 Å². The van der Waals surface area contributed by atoms with Crippen molar-refractivity contribution in [3.05, 3.63) is 35.4 Å². The minimum atomic E-state index is -1.06. The molecule has 23 heavy (non-hydrogen) atoms. The van der Waals surface area contributed by atoms with Crippen LogP contribution in [0.15, 0.2) is 24.3 Å². The summed E-state index contributed by atoms with van der Waals surface area (Å²) < 4.78 is 0. The molecule has 3 unspecified atom stereocenters. The Balaban J connectivity index is 1.80. The second kappa shape index (κ2) is 5.88. The highest BCUT2D eigenvalue weighted by Crippen LogP contribution is 2.48. The summed E-state index contributed by atoms with van der Waals surface area (Å²) in [5.74, 6) is -1.38. The number of carboxylic acid groups (broad SMARTS) is 1. The fourth-order valence-corrected chi connectivity index (χ4v) is 4.47. The number of carboxylic acids is 1. The maximum Gasteiger partial charge on any atom is 0.326 e. The Morgan fingerprint density at radius 3 is 2.70 bits per heavy atom. The first-order chi connectivity index (χ1) is 10.9. The molecule has 1 saturated heterocycles. The van der Waals surface area contributed by atoms with Crippen molar-refractivity contribution in [2.45, 2.75) is 31.3 Å². The Morgan fingerprint density at radius 1 is 1.35 bits per heavy atom. The smallest absolute Gasteiger partial charge is 0.326 e. The van der Waals surface area contributed by atoms with Gasteiger partial charge in [-0.05, 0) is 17.5 Å². The topological polar surface area (TPSA) is 86.7 Å². The summed E-state index contributed by atoms with van der Waals surface area (Å²) in [5.41, 5.74) is 1.55. The first-order valence-corrected chi connectivity index (χ1v) is 8.53. The Kier molecular flexibility index (Phi) is 4.06. The Morgan fingerprint density at radius 2 is 2.04 bits per heavy atom. The van der Waals surface area contributed by atoms with Crippen LogP contribution in [0.2, 0.25) is 0 Å². The molecule has 0 spiro atoms. The number of hydrogen-bond acceptors (Lipinski definition) is 4. The molecular weight excluding hydrogens is 316 g/mol. The van der Waals surface area contributed by atoms with Crippen molar-refractivity contribution in [1.82, 2.24) is 10.2 Å². The molecule has 1 aromatic carbocycles. The largest absolute Gasteiger partial charge is 0.480 e. The first-order valence-electron chi connectivity index (χ1n) is 7.48. The fraction of sp³-hybridized carbons (Fsp3) is 0.438. The summed E-state index contributed by atoms with van der Waals surface area (Å²) in [7, 11) is 0. The molecule has 6 nitrogen and oxygen atoms in total. The molecule has 2 aliphatic rings. The molecule has 0 aromatic heterocycles. The molecule has 0 bridgehead atoms. The van der Waals surface area contributed by atoms with Crippen molar-refractivity contribution in [3.63, 3.8) is 0 Å². The van der Waals surface area contributed by atoms with E-state index in [1.54, 1.807) is 30.9 Å². The highest BCUT2D eigenvalue weighted by molar-refractivity contribution is 7.99. The maximum atomic E-state index is 12.6. The zero-order valence-corrected chi connectivity index (χ0v) is 13.7. The molecule has 2 aliphatic heterocycles. The van der Waals surface area contributed by atoms with Crippen LogP contribution in [0.25, 0.3) is 0 Å². The van der Waals surface area contributed by atoms with Gasteiger partial charge in [-0.1, -0.05) is 32.0 Å². The van der Waals surface area contributed by atoms with Crippen LogP contribution in [-0.4, -0.2) is 45.6 Å². The average Bonchev–Trinajstić information content (AvgIpc) is 3.05. The highest BCUT2D eigenvalue weighted by atomic mass is 32.2. The van der Waals surface area contributed by atoms with Crippen LogP contribution in [-0.2, 0) is 9.59 Å². The van der Waals surface area contributed by atoms with Crippen molar-refractivity contribution in [2.24, 2.45) is 5.92 Å². The second-order valence-corrected chi connectivity index (χ2v) is 7.18. The van der Waals surface area contributed by atoms with Crippen LogP contribution in [0.3, 0.4) is 0 Å². The molecule has 122 valence electrons. The number of hydrogen-bond donors (Lipinski definition) is 2. The number of fused-ring (bicyclic) bond motifs is 3. The number of nitrogens with one attached hydrogen (secondary N) is 1. The predicted octanol–water partition coefficient (Wildman–Crippen LogP) is 1.48. The molecule has 2 N–H and O–H groups in total. The predicted molar refractivity (Wildman–Crippen MR) is 86.0 cm³/mol. The SMILES string of the molecule is CC(C)C(NC(=O)C1CSC2c3ccccc3C(=O)N12)C(=O)O. The molecule has 3 rings (SSSR count). The lowest BCUT2D eigenvalue weighted by Gasteiger charge is -2.25. The third kappa shape index (κ3) is 2.59. The third-order valence-corrected chi connectivity index (χ3v) is 5.53. The minimum Gasteiger partial charge on any atom is -0.480 e. The average molecular weight is 334 g/mol. The highest BCUT2D eigenvalue weighted by Gasteiger charge is 2.48. The van der Waals surface area contributed by atoms with Gasteiger partial charge in [-0.3, -0.25) is 9.59 Å². The van der Waals surface area contributed by atoms with Crippen molar-refractivity contribution in [2.75, 3.05) is 5.75 Å². The maximum absolute atomic E-state index is 12.6. The zero-order valence-electron chi connectivity index (χ0n) is 12.9. The van der Waals surface area contributed by atoms with Gasteiger partial charge in [0.05, 0.1) is 0 Å². The van der Waals surface area contributed by atoms with Gasteiger partial charge in [0.15, 0.2) is 0 Å². The van der Waals surface area contributed by atoms with E-state index in [0.29, 0.717) is 11.3 Å². The second-order valence-electron chi connectivity index (χ2n) is 6.07. The van der Waals surface area contributed by atoms with E-state index < -0.39 is 24.0 Å². The Hall–Kier alpha value is -2.02. The standard InChI is InChI=1S/C16H18N2O4S/c1-8(2)12(16(21)22)17-13(19)11-7-23-15-10-6-4-3-5-9(10)14(20)18(11)15/h3-6,8,11-12,15H,7H2,1-2H3,(H,17,19)(H,21,22). The first kappa shape index (κ1) is 15.9. The summed E-state index contributed by atoms with van der Waals surface area (Å²) in [4.78, 5) is 37.9. The number of thioether (sulfide) groups is 1. The zero-order chi connectivity index (χ0) is 16.7. The van der Waals surface area contributed by atoms with Crippen LogP contribution >= 0.6 is 11.8 Å². The van der Waals surface area contributed by atoms with Gasteiger partial charge in [0.25, 0.3) is 5.91 Å². The quantitative estimate of drug-likeness (QED) is 0.871. The molecule has 1 aromatic rings. The molecule has 1 fully saturated rings. The molecule has 7 heteroatoms. The van der Waals surface area contributed by atoms with E-state index in [2.05, 4.69) is 5.32 Å². The normalized spacial score (nSPS) is 23.6. The summed E-state index contributed by atoms with van der Waals surface area (Å²) in [6.45, 7) is 3.48. The van der Waals surface area contributed by atoms with Gasteiger partial charge in [0.2, 0.25) is 5.91 Å². The van der Waals surface area contributed by atoms with Gasteiger partial charge in [-0.25, -0.2) is 4.79 Å². The number of rotatable bonds is 4. The Bertz CT molecular complexity index is 676. The van der Waals surface area contributed by atoms with Gasteiger partial charge in [-0.2, -0.15) is 0 Å². The monoisotopic (exact) mass is 334 g/mol. The van der Waals surface area contributed by atoms with E-state index in [1.165, 1.54) is 11.8 Å². The van der Waals surface area contributed by atoms with Crippen LogP contribution < -0.4 is 5.32 Å². The summed E-state index contributed by atoms with van der Waals surface area (Å²) >= 11 is 1.54. The van der Waals surface area contributed by atoms with Crippen molar-refractivity contribution < 1.29 is 19.5 Å².